The Morgan fingerprint density at radius 1 is 1.18 bits per heavy atom. The zero-order valence-electron chi connectivity index (χ0n) is 15.8. The normalized spacial score (nSPS) is 15.0. The number of carbonyl (C=O) groups excluding carboxylic acids is 1. The Hall–Kier alpha value is -2.74. The van der Waals surface area contributed by atoms with E-state index in [4.69, 9.17) is 10.5 Å². The van der Waals surface area contributed by atoms with Gasteiger partial charge in [0.15, 0.2) is 0 Å². The molecule has 146 valence electrons. The number of rotatable bonds is 6. The zero-order chi connectivity index (χ0) is 19.3. The fourth-order valence-electron chi connectivity index (χ4n) is 3.33. The summed E-state index contributed by atoms with van der Waals surface area (Å²) in [4.78, 5) is 22.5. The summed E-state index contributed by atoms with van der Waals surface area (Å²) in [6, 6.07) is 13.7. The minimum absolute atomic E-state index is 0.0166. The van der Waals surface area contributed by atoms with Gasteiger partial charge in [0.05, 0.1) is 24.2 Å². The number of nitrogens with two attached hydrogens (primary N) is 1. The monoisotopic (exact) mass is 379 g/mol. The summed E-state index contributed by atoms with van der Waals surface area (Å²) in [6.45, 7) is 4.55. The van der Waals surface area contributed by atoms with Crippen LogP contribution in [0.15, 0.2) is 42.5 Å². The van der Waals surface area contributed by atoms with Gasteiger partial charge in [0.2, 0.25) is 5.91 Å². The predicted octanol–water partition coefficient (Wildman–Crippen LogP) is 2.35. The fourth-order valence-corrected chi connectivity index (χ4v) is 3.33. The third-order valence-corrected chi connectivity index (χ3v) is 4.99. The molecule has 4 N–H and O–H groups in total. The van der Waals surface area contributed by atoms with Crippen LogP contribution in [0.1, 0.15) is 12.0 Å². The maximum atomic E-state index is 12.3. The Bertz CT molecular complexity index is 945. The molecule has 1 aromatic heterocycles. The lowest BCUT2D eigenvalue weighted by atomic mass is 10.1. The molecular formula is C21H25N5O2. The third kappa shape index (κ3) is 4.39. The molecule has 1 fully saturated rings. The van der Waals surface area contributed by atoms with Gasteiger partial charge in [-0.25, -0.2) is 4.98 Å². The van der Waals surface area contributed by atoms with Crippen LogP contribution in [0.5, 0.6) is 0 Å². The molecule has 0 unspecified atom stereocenters. The lowest BCUT2D eigenvalue weighted by Gasteiger charge is -2.26. The van der Waals surface area contributed by atoms with Gasteiger partial charge in [-0.05, 0) is 23.8 Å². The molecular weight excluding hydrogens is 354 g/mol. The Labute approximate surface area is 163 Å². The lowest BCUT2D eigenvalue weighted by Crippen LogP contribution is -2.38. The first-order chi connectivity index (χ1) is 13.7. The summed E-state index contributed by atoms with van der Waals surface area (Å²) in [7, 11) is 0. The van der Waals surface area contributed by atoms with E-state index in [9.17, 15) is 4.79 Å². The van der Waals surface area contributed by atoms with Crippen LogP contribution in [-0.4, -0.2) is 53.6 Å². The molecule has 0 radical (unpaired) electrons. The van der Waals surface area contributed by atoms with Crippen LogP contribution in [0.25, 0.3) is 22.4 Å². The first-order valence-electron chi connectivity index (χ1n) is 9.60. The number of carbonyl (C=O) groups is 1. The molecule has 7 nitrogen and oxygen atoms in total. The molecule has 1 aliphatic rings. The number of ether oxygens (including phenoxy) is 1. The van der Waals surface area contributed by atoms with E-state index in [1.54, 1.807) is 0 Å². The van der Waals surface area contributed by atoms with Crippen molar-refractivity contribution in [2.24, 2.45) is 5.73 Å². The Morgan fingerprint density at radius 2 is 1.96 bits per heavy atom. The molecule has 4 rings (SSSR count). The highest BCUT2D eigenvalue weighted by atomic mass is 16.5. The topological polar surface area (TPSA) is 96.3 Å². The summed E-state index contributed by atoms with van der Waals surface area (Å²) >= 11 is 0. The first-order valence-corrected chi connectivity index (χ1v) is 9.60. The number of fused-ring (bicyclic) bond motifs is 1. The average molecular weight is 379 g/mol. The second kappa shape index (κ2) is 8.52. The van der Waals surface area contributed by atoms with Gasteiger partial charge in [0.25, 0.3) is 0 Å². The molecule has 0 spiro atoms. The first kappa shape index (κ1) is 18.6. The Balaban J connectivity index is 1.41. The number of benzene rings is 2. The van der Waals surface area contributed by atoms with Crippen molar-refractivity contribution in [3.8, 4) is 11.4 Å². The third-order valence-electron chi connectivity index (χ3n) is 4.99. The molecule has 0 atom stereocenters. The molecule has 1 amide bonds. The van der Waals surface area contributed by atoms with E-state index in [-0.39, 0.29) is 5.91 Å². The van der Waals surface area contributed by atoms with Crippen LogP contribution in [-0.2, 0) is 16.1 Å². The van der Waals surface area contributed by atoms with Gasteiger partial charge < -0.3 is 20.8 Å². The maximum absolute atomic E-state index is 12.3. The summed E-state index contributed by atoms with van der Waals surface area (Å²) in [5.74, 6) is 0.817. The summed E-state index contributed by atoms with van der Waals surface area (Å²) < 4.78 is 5.33. The number of morpholine rings is 1. The fraction of sp³-hybridized carbons (Fsp3) is 0.333. The molecule has 28 heavy (non-hydrogen) atoms. The van der Waals surface area contributed by atoms with Crippen molar-refractivity contribution in [3.05, 3.63) is 48.0 Å². The van der Waals surface area contributed by atoms with E-state index >= 15 is 0 Å². The second-order valence-corrected chi connectivity index (χ2v) is 6.97. The van der Waals surface area contributed by atoms with Gasteiger partial charge in [-0.3, -0.25) is 9.69 Å². The molecule has 1 aliphatic heterocycles. The number of aromatic nitrogens is 2. The van der Waals surface area contributed by atoms with Crippen molar-refractivity contribution in [3.63, 3.8) is 0 Å². The van der Waals surface area contributed by atoms with Crippen molar-refractivity contribution in [2.75, 3.05) is 38.2 Å². The standard InChI is InChI=1S/C21H25N5O2/c22-14-15-1-3-16(4-2-15)21-24-18-6-5-17(13-19(18)25-21)23-20(27)7-8-26-9-11-28-12-10-26/h1-6,13H,7-12,14,22H2,(H,23,27)(H,24,25). The highest BCUT2D eigenvalue weighted by Gasteiger charge is 2.12. The molecule has 2 aromatic carbocycles. The summed E-state index contributed by atoms with van der Waals surface area (Å²) in [5, 5.41) is 2.98. The lowest BCUT2D eigenvalue weighted by molar-refractivity contribution is -0.116. The number of hydrogen-bond donors (Lipinski definition) is 3. The quantitative estimate of drug-likeness (QED) is 0.611. The van der Waals surface area contributed by atoms with E-state index in [2.05, 4.69) is 20.2 Å². The number of anilines is 1. The van der Waals surface area contributed by atoms with Gasteiger partial charge in [0.1, 0.15) is 5.82 Å². The number of amides is 1. The minimum Gasteiger partial charge on any atom is -0.379 e. The van der Waals surface area contributed by atoms with Crippen molar-refractivity contribution in [1.29, 1.82) is 0 Å². The molecule has 7 heteroatoms. The van der Waals surface area contributed by atoms with Crippen molar-refractivity contribution < 1.29 is 9.53 Å². The predicted molar refractivity (Wildman–Crippen MR) is 110 cm³/mol. The van der Waals surface area contributed by atoms with Gasteiger partial charge >= 0.3 is 0 Å². The summed E-state index contributed by atoms with van der Waals surface area (Å²) in [6.07, 6.45) is 0.472. The number of H-pyrrole nitrogens is 1. The van der Waals surface area contributed by atoms with Crippen molar-refractivity contribution in [2.45, 2.75) is 13.0 Å². The van der Waals surface area contributed by atoms with E-state index in [1.807, 2.05) is 42.5 Å². The highest BCUT2D eigenvalue weighted by Crippen LogP contribution is 2.23. The van der Waals surface area contributed by atoms with Crippen LogP contribution < -0.4 is 11.1 Å². The van der Waals surface area contributed by atoms with E-state index in [0.717, 1.165) is 66.5 Å². The Kier molecular flexibility index (Phi) is 5.66. The molecule has 0 aliphatic carbocycles. The molecule has 0 bridgehead atoms. The summed E-state index contributed by atoms with van der Waals surface area (Å²) in [5.41, 5.74) is 10.3. The van der Waals surface area contributed by atoms with Crippen LogP contribution in [0.3, 0.4) is 0 Å². The average Bonchev–Trinajstić information content (AvgIpc) is 3.16. The number of nitrogens with zero attached hydrogens (tertiary/aromatic N) is 2. The van der Waals surface area contributed by atoms with Crippen molar-refractivity contribution in [1.82, 2.24) is 14.9 Å². The van der Waals surface area contributed by atoms with Crippen LogP contribution >= 0.6 is 0 Å². The van der Waals surface area contributed by atoms with Crippen LogP contribution in [0, 0.1) is 0 Å². The van der Waals surface area contributed by atoms with E-state index < -0.39 is 0 Å². The zero-order valence-corrected chi connectivity index (χ0v) is 15.8. The molecule has 1 saturated heterocycles. The number of aromatic amines is 1. The smallest absolute Gasteiger partial charge is 0.225 e. The molecule has 0 saturated carbocycles. The van der Waals surface area contributed by atoms with Gasteiger partial charge in [-0.2, -0.15) is 0 Å². The van der Waals surface area contributed by atoms with Gasteiger partial charge in [0, 0.05) is 43.9 Å². The highest BCUT2D eigenvalue weighted by molar-refractivity contribution is 5.93. The number of hydrogen-bond acceptors (Lipinski definition) is 5. The van der Waals surface area contributed by atoms with Crippen LogP contribution in [0.2, 0.25) is 0 Å². The number of nitrogens with one attached hydrogen (secondary N) is 2. The second-order valence-electron chi connectivity index (χ2n) is 6.97. The largest absolute Gasteiger partial charge is 0.379 e. The van der Waals surface area contributed by atoms with Crippen molar-refractivity contribution >= 4 is 22.6 Å². The SMILES string of the molecule is NCc1ccc(-c2nc3ccc(NC(=O)CCN4CCOCC4)cc3[nH]2)cc1. The van der Waals surface area contributed by atoms with E-state index in [0.29, 0.717) is 13.0 Å². The minimum atomic E-state index is 0.0166. The van der Waals surface area contributed by atoms with Gasteiger partial charge in [-0.15, -0.1) is 0 Å². The number of imidazole rings is 1. The molecule has 3 aromatic rings. The van der Waals surface area contributed by atoms with E-state index in [1.165, 1.54) is 0 Å². The maximum Gasteiger partial charge on any atom is 0.225 e. The van der Waals surface area contributed by atoms with Crippen LogP contribution in [0.4, 0.5) is 5.69 Å². The Morgan fingerprint density at radius 3 is 2.71 bits per heavy atom. The molecule has 2 heterocycles. The van der Waals surface area contributed by atoms with Gasteiger partial charge in [-0.1, -0.05) is 24.3 Å².